The SMILES string of the molecule is C1CCC1.C=C1NC(C(F)(F)F)CN1Cc1ccc2c(c1)N=C([C@@H](N)C1CCC(F)(F)CC1)C2. The first-order valence-electron chi connectivity index (χ1n) is 12.1. The third-order valence-corrected chi connectivity index (χ3v) is 7.33. The van der Waals surface area contributed by atoms with Crippen LogP contribution >= 0.6 is 0 Å². The van der Waals surface area contributed by atoms with Crippen molar-refractivity contribution in [2.75, 3.05) is 6.54 Å². The number of halogens is 5. The molecule has 5 rings (SSSR count). The number of benzene rings is 1. The van der Waals surface area contributed by atoms with E-state index in [4.69, 9.17) is 5.73 Å². The maximum absolute atomic E-state index is 13.4. The molecular weight excluding hydrogens is 451 g/mol. The molecule has 0 amide bonds. The smallest absolute Gasteiger partial charge is 0.359 e. The zero-order chi connectivity index (χ0) is 24.5. The molecule has 0 bridgehead atoms. The van der Waals surface area contributed by atoms with Gasteiger partial charge in [0.2, 0.25) is 5.92 Å². The van der Waals surface area contributed by atoms with Crippen LogP contribution in [0, 0.1) is 5.92 Å². The van der Waals surface area contributed by atoms with Crippen LogP contribution in [0.4, 0.5) is 27.6 Å². The molecule has 2 heterocycles. The molecule has 1 unspecified atom stereocenters. The van der Waals surface area contributed by atoms with Crippen molar-refractivity contribution in [3.63, 3.8) is 0 Å². The molecule has 0 radical (unpaired) electrons. The van der Waals surface area contributed by atoms with Gasteiger partial charge in [-0.3, -0.25) is 4.99 Å². The van der Waals surface area contributed by atoms with E-state index in [1.807, 2.05) is 18.2 Å². The monoisotopic (exact) mass is 484 g/mol. The van der Waals surface area contributed by atoms with E-state index in [2.05, 4.69) is 16.9 Å². The van der Waals surface area contributed by atoms with Crippen LogP contribution < -0.4 is 11.1 Å². The van der Waals surface area contributed by atoms with Crippen molar-refractivity contribution in [2.45, 2.75) is 88.5 Å². The summed E-state index contributed by atoms with van der Waals surface area (Å²) in [5, 5.41) is 2.39. The Kier molecular flexibility index (Phi) is 7.22. The minimum atomic E-state index is -4.33. The molecule has 9 heteroatoms. The molecule has 1 aromatic carbocycles. The van der Waals surface area contributed by atoms with Gasteiger partial charge in [0.15, 0.2) is 0 Å². The van der Waals surface area contributed by atoms with Crippen molar-refractivity contribution in [1.82, 2.24) is 10.2 Å². The van der Waals surface area contributed by atoms with Crippen molar-refractivity contribution in [1.29, 1.82) is 0 Å². The molecule has 4 nitrogen and oxygen atoms in total. The van der Waals surface area contributed by atoms with Crippen LogP contribution in [0.15, 0.2) is 35.6 Å². The lowest BCUT2D eigenvalue weighted by Gasteiger charge is -2.32. The topological polar surface area (TPSA) is 53.6 Å². The molecule has 3 fully saturated rings. The summed E-state index contributed by atoms with van der Waals surface area (Å²) < 4.78 is 65.6. The van der Waals surface area contributed by atoms with Gasteiger partial charge in [-0.2, -0.15) is 13.2 Å². The standard InChI is InChI=1S/C21H25F5N4.C4H8/c1-12-28-18(21(24,25)26)11-30(12)10-13-2-3-15-9-17(29-16(15)8-13)19(27)14-4-6-20(22,23)7-5-14;1-2-4-3-1/h2-3,8,14,18-19,28H,1,4-7,9-11,27H2;1-4H2/t18?,19-;/m0./s1. The summed E-state index contributed by atoms with van der Waals surface area (Å²) in [6.07, 6.45) is 2.76. The third kappa shape index (κ3) is 5.90. The van der Waals surface area contributed by atoms with Crippen molar-refractivity contribution in [3.8, 4) is 0 Å². The molecule has 3 N–H and O–H groups in total. The number of aliphatic imine (C=N–C) groups is 1. The Morgan fingerprint density at radius 1 is 1.15 bits per heavy atom. The molecular formula is C25H33F5N4. The number of fused-ring (bicyclic) bond motifs is 1. The van der Waals surface area contributed by atoms with Gasteiger partial charge in [0, 0.05) is 44.1 Å². The summed E-state index contributed by atoms with van der Waals surface area (Å²) in [6, 6.07) is 3.67. The second kappa shape index (κ2) is 9.84. The molecule has 1 saturated heterocycles. The maximum atomic E-state index is 13.4. The molecule has 0 spiro atoms. The third-order valence-electron chi connectivity index (χ3n) is 7.33. The predicted octanol–water partition coefficient (Wildman–Crippen LogP) is 5.84. The van der Waals surface area contributed by atoms with Crippen LogP contribution in [0.25, 0.3) is 0 Å². The van der Waals surface area contributed by atoms with Crippen LogP contribution in [0.5, 0.6) is 0 Å². The van der Waals surface area contributed by atoms with Crippen molar-refractivity contribution in [2.24, 2.45) is 16.6 Å². The normalized spacial score (nSPS) is 25.0. The fraction of sp³-hybridized carbons (Fsp3) is 0.640. The fourth-order valence-corrected chi connectivity index (χ4v) is 4.72. The van der Waals surface area contributed by atoms with Gasteiger partial charge in [-0.1, -0.05) is 44.4 Å². The van der Waals surface area contributed by atoms with E-state index in [1.54, 1.807) is 4.90 Å². The summed E-state index contributed by atoms with van der Waals surface area (Å²) in [6.45, 7) is 3.79. The number of nitrogens with one attached hydrogen (secondary N) is 1. The van der Waals surface area contributed by atoms with E-state index >= 15 is 0 Å². The van der Waals surface area contributed by atoms with Gasteiger partial charge < -0.3 is 16.0 Å². The van der Waals surface area contributed by atoms with Gasteiger partial charge >= 0.3 is 6.18 Å². The average molecular weight is 485 g/mol. The maximum Gasteiger partial charge on any atom is 0.410 e. The van der Waals surface area contributed by atoms with Gasteiger partial charge in [-0.15, -0.1) is 0 Å². The molecule has 2 aliphatic heterocycles. The molecule has 188 valence electrons. The Bertz CT molecular complexity index is 908. The summed E-state index contributed by atoms with van der Waals surface area (Å²) in [5.41, 5.74) is 9.73. The first kappa shape index (κ1) is 24.9. The number of hydrogen-bond acceptors (Lipinski definition) is 4. The second-order valence-electron chi connectivity index (χ2n) is 9.94. The number of rotatable bonds is 4. The van der Waals surface area contributed by atoms with Gasteiger partial charge in [-0.05, 0) is 36.0 Å². The van der Waals surface area contributed by atoms with Gasteiger partial charge in [0.05, 0.1) is 11.5 Å². The van der Waals surface area contributed by atoms with E-state index < -0.39 is 18.1 Å². The molecule has 2 aliphatic carbocycles. The number of alkyl halides is 5. The van der Waals surface area contributed by atoms with Gasteiger partial charge in [0.25, 0.3) is 0 Å². The lowest BCUT2D eigenvalue weighted by molar-refractivity contribution is -0.150. The lowest BCUT2D eigenvalue weighted by atomic mass is 9.80. The largest absolute Gasteiger partial charge is 0.410 e. The second-order valence-corrected chi connectivity index (χ2v) is 9.94. The fourth-order valence-electron chi connectivity index (χ4n) is 4.72. The van der Waals surface area contributed by atoms with E-state index in [-0.39, 0.29) is 37.2 Å². The predicted molar refractivity (Wildman–Crippen MR) is 123 cm³/mol. The van der Waals surface area contributed by atoms with Crippen molar-refractivity contribution < 1.29 is 22.0 Å². The highest BCUT2D eigenvalue weighted by atomic mass is 19.4. The first-order chi connectivity index (χ1) is 16.0. The Balaban J connectivity index is 0.000000620. The minimum absolute atomic E-state index is 0.00421. The van der Waals surface area contributed by atoms with Gasteiger partial charge in [-0.25, -0.2) is 8.78 Å². The highest BCUT2D eigenvalue weighted by molar-refractivity contribution is 5.98. The zero-order valence-electron chi connectivity index (χ0n) is 19.3. The molecule has 2 atom stereocenters. The van der Waals surface area contributed by atoms with E-state index in [0.717, 1.165) is 22.5 Å². The van der Waals surface area contributed by atoms with Crippen LogP contribution in [0.3, 0.4) is 0 Å². The highest BCUT2D eigenvalue weighted by Crippen LogP contribution is 2.39. The van der Waals surface area contributed by atoms with Crippen LogP contribution in [0.2, 0.25) is 0 Å². The first-order valence-corrected chi connectivity index (χ1v) is 12.1. The minimum Gasteiger partial charge on any atom is -0.359 e. The lowest BCUT2D eigenvalue weighted by Crippen LogP contribution is -2.41. The van der Waals surface area contributed by atoms with Gasteiger partial charge in [0.1, 0.15) is 6.04 Å². The average Bonchev–Trinajstić information content (AvgIpc) is 3.29. The Morgan fingerprint density at radius 3 is 2.35 bits per heavy atom. The number of nitrogens with two attached hydrogens (primary N) is 1. The van der Waals surface area contributed by atoms with E-state index in [1.165, 1.54) is 25.7 Å². The number of nitrogens with zero attached hydrogens (tertiary/aromatic N) is 2. The van der Waals surface area contributed by atoms with Crippen LogP contribution in [-0.2, 0) is 13.0 Å². The van der Waals surface area contributed by atoms with E-state index in [9.17, 15) is 22.0 Å². The van der Waals surface area contributed by atoms with Crippen LogP contribution in [0.1, 0.15) is 62.5 Å². The highest BCUT2D eigenvalue weighted by Gasteiger charge is 2.45. The molecule has 1 aromatic rings. The zero-order valence-corrected chi connectivity index (χ0v) is 19.3. The van der Waals surface area contributed by atoms with E-state index in [0.29, 0.717) is 25.8 Å². The molecule has 34 heavy (non-hydrogen) atoms. The number of hydrogen-bond donors (Lipinski definition) is 2. The summed E-state index contributed by atoms with van der Waals surface area (Å²) in [7, 11) is 0. The quantitative estimate of drug-likeness (QED) is 0.529. The Labute approximate surface area is 197 Å². The summed E-state index contributed by atoms with van der Waals surface area (Å²) in [4.78, 5) is 6.20. The molecule has 2 saturated carbocycles. The molecule has 4 aliphatic rings. The summed E-state index contributed by atoms with van der Waals surface area (Å²) >= 11 is 0. The van der Waals surface area contributed by atoms with Crippen molar-refractivity contribution >= 4 is 11.4 Å². The van der Waals surface area contributed by atoms with Crippen molar-refractivity contribution in [3.05, 3.63) is 41.7 Å². The Morgan fingerprint density at radius 2 is 1.79 bits per heavy atom. The molecule has 0 aromatic heterocycles. The Hall–Kier alpha value is -2.16. The van der Waals surface area contributed by atoms with Crippen LogP contribution in [-0.4, -0.2) is 41.3 Å². The summed E-state index contributed by atoms with van der Waals surface area (Å²) in [5.74, 6) is -2.35.